The summed E-state index contributed by atoms with van der Waals surface area (Å²) < 4.78 is 3.85. The minimum atomic E-state index is 0.387. The van der Waals surface area contributed by atoms with Crippen molar-refractivity contribution in [3.63, 3.8) is 0 Å². The van der Waals surface area contributed by atoms with Gasteiger partial charge in [-0.25, -0.2) is 14.2 Å². The lowest BCUT2D eigenvalue weighted by Crippen LogP contribution is -2.00. The predicted molar refractivity (Wildman–Crippen MR) is 103 cm³/mol. The SMILES string of the molecule is S=c1nc2c(cnn2-c2ccccc2)c2nc(-c3ccc(Cl)cc3)[nH]n12. The van der Waals surface area contributed by atoms with Crippen LogP contribution in [0.15, 0.2) is 60.8 Å². The molecule has 0 spiro atoms. The van der Waals surface area contributed by atoms with Crippen LogP contribution in [0.5, 0.6) is 0 Å². The molecule has 6 nitrogen and oxygen atoms in total. The Bertz CT molecular complexity index is 1300. The Morgan fingerprint density at radius 2 is 1.69 bits per heavy atom. The molecule has 0 saturated carbocycles. The molecule has 5 rings (SSSR count). The highest BCUT2D eigenvalue weighted by molar-refractivity contribution is 7.71. The summed E-state index contributed by atoms with van der Waals surface area (Å²) in [5.41, 5.74) is 3.20. The Morgan fingerprint density at radius 3 is 2.46 bits per heavy atom. The van der Waals surface area contributed by atoms with E-state index in [0.717, 1.165) is 16.6 Å². The third kappa shape index (κ3) is 2.33. The predicted octanol–water partition coefficient (Wildman–Crippen LogP) is 4.45. The van der Waals surface area contributed by atoms with Crippen LogP contribution < -0.4 is 0 Å². The Hall–Kier alpha value is -3.03. The number of hydrogen-bond acceptors (Lipinski definition) is 4. The fourth-order valence-electron chi connectivity index (χ4n) is 2.90. The van der Waals surface area contributed by atoms with Gasteiger partial charge in [0.2, 0.25) is 4.77 Å². The van der Waals surface area contributed by atoms with Gasteiger partial charge in [0.1, 0.15) is 0 Å². The average Bonchev–Trinajstić information content (AvgIpc) is 3.28. The first-order chi connectivity index (χ1) is 12.7. The monoisotopic (exact) mass is 378 g/mol. The standard InChI is InChI=1S/C18H11ClN6S/c19-12-8-6-11(7-9-12)15-21-16-14-10-20-24(13-4-2-1-3-5-13)17(14)22-18(26)25(16)23-15/h1-10H,(H,21,23). The molecule has 8 heteroatoms. The number of nitrogens with one attached hydrogen (secondary N) is 1. The smallest absolute Gasteiger partial charge is 0.222 e. The van der Waals surface area contributed by atoms with Crippen molar-refractivity contribution >= 4 is 40.5 Å². The molecule has 1 N–H and O–H groups in total. The highest BCUT2D eigenvalue weighted by Crippen LogP contribution is 2.24. The number of hydrogen-bond donors (Lipinski definition) is 1. The van der Waals surface area contributed by atoms with Crippen LogP contribution in [0, 0.1) is 4.77 Å². The number of aromatic amines is 1. The largest absolute Gasteiger partial charge is 0.273 e. The van der Waals surface area contributed by atoms with Gasteiger partial charge in [-0.05, 0) is 48.6 Å². The Labute approximate surface area is 157 Å². The molecular weight excluding hydrogens is 368 g/mol. The van der Waals surface area contributed by atoms with E-state index in [1.54, 1.807) is 15.4 Å². The van der Waals surface area contributed by atoms with Crippen LogP contribution in [0.3, 0.4) is 0 Å². The third-order valence-electron chi connectivity index (χ3n) is 4.14. The summed E-state index contributed by atoms with van der Waals surface area (Å²) in [5, 5.41) is 9.17. The number of fused-ring (bicyclic) bond motifs is 3. The van der Waals surface area contributed by atoms with Crippen molar-refractivity contribution in [1.82, 2.24) is 29.4 Å². The molecular formula is C18H11ClN6S. The molecule has 0 radical (unpaired) electrons. The van der Waals surface area contributed by atoms with Crippen LogP contribution in [-0.4, -0.2) is 29.4 Å². The minimum Gasteiger partial charge on any atom is -0.273 e. The van der Waals surface area contributed by atoms with E-state index in [4.69, 9.17) is 28.8 Å². The van der Waals surface area contributed by atoms with Gasteiger partial charge in [-0.3, -0.25) is 5.10 Å². The van der Waals surface area contributed by atoms with E-state index in [9.17, 15) is 0 Å². The second kappa shape index (κ2) is 5.76. The zero-order valence-electron chi connectivity index (χ0n) is 13.3. The summed E-state index contributed by atoms with van der Waals surface area (Å²) in [4.78, 5) is 9.26. The molecule has 0 aliphatic rings. The molecule has 126 valence electrons. The molecule has 3 heterocycles. The lowest BCUT2D eigenvalue weighted by Gasteiger charge is -2.02. The van der Waals surface area contributed by atoms with Gasteiger partial charge >= 0.3 is 0 Å². The molecule has 5 aromatic rings. The van der Waals surface area contributed by atoms with E-state index < -0.39 is 0 Å². The van der Waals surface area contributed by atoms with E-state index >= 15 is 0 Å². The van der Waals surface area contributed by atoms with E-state index in [0.29, 0.717) is 26.9 Å². The Kier molecular flexibility index (Phi) is 3.37. The van der Waals surface area contributed by atoms with Gasteiger partial charge in [-0.2, -0.15) is 10.1 Å². The van der Waals surface area contributed by atoms with Gasteiger partial charge in [0, 0.05) is 10.6 Å². The first-order valence-corrected chi connectivity index (χ1v) is 8.67. The number of nitrogens with zero attached hydrogens (tertiary/aromatic N) is 5. The topological polar surface area (TPSA) is 63.8 Å². The van der Waals surface area contributed by atoms with Crippen LogP contribution in [0.2, 0.25) is 5.02 Å². The summed E-state index contributed by atoms with van der Waals surface area (Å²) in [5.74, 6) is 0.689. The maximum Gasteiger partial charge on any atom is 0.222 e. The third-order valence-corrected chi connectivity index (χ3v) is 4.67. The van der Waals surface area contributed by atoms with Crippen molar-refractivity contribution < 1.29 is 0 Å². The lowest BCUT2D eigenvalue weighted by atomic mass is 10.2. The summed E-state index contributed by atoms with van der Waals surface area (Å²) >= 11 is 11.4. The molecule has 0 fully saturated rings. The van der Waals surface area contributed by atoms with Crippen LogP contribution in [-0.2, 0) is 0 Å². The van der Waals surface area contributed by atoms with Crippen molar-refractivity contribution in [3.8, 4) is 17.1 Å². The number of para-hydroxylation sites is 1. The van der Waals surface area contributed by atoms with Gasteiger partial charge in [0.15, 0.2) is 17.1 Å². The maximum absolute atomic E-state index is 5.97. The number of H-pyrrole nitrogens is 1. The molecule has 0 aliphatic heterocycles. The highest BCUT2D eigenvalue weighted by Gasteiger charge is 2.14. The molecule has 0 saturated heterocycles. The van der Waals surface area contributed by atoms with Crippen molar-refractivity contribution in [2.75, 3.05) is 0 Å². The molecule has 0 unspecified atom stereocenters. The Morgan fingerprint density at radius 1 is 0.923 bits per heavy atom. The molecule has 0 amide bonds. The fourth-order valence-corrected chi connectivity index (χ4v) is 3.25. The second-order valence-corrected chi connectivity index (χ2v) is 6.56. The van der Waals surface area contributed by atoms with Crippen molar-refractivity contribution in [2.24, 2.45) is 0 Å². The van der Waals surface area contributed by atoms with Crippen LogP contribution in [0.4, 0.5) is 0 Å². The van der Waals surface area contributed by atoms with Gasteiger partial charge in [-0.1, -0.05) is 29.8 Å². The second-order valence-electron chi connectivity index (χ2n) is 5.76. The zero-order valence-corrected chi connectivity index (χ0v) is 14.9. The highest BCUT2D eigenvalue weighted by atomic mass is 35.5. The molecule has 26 heavy (non-hydrogen) atoms. The number of benzene rings is 2. The zero-order chi connectivity index (χ0) is 17.7. The number of aromatic nitrogens is 6. The Balaban J connectivity index is 1.77. The molecule has 3 aromatic heterocycles. The quantitative estimate of drug-likeness (QED) is 0.461. The fraction of sp³-hybridized carbons (Fsp3) is 0. The van der Waals surface area contributed by atoms with Gasteiger partial charge in [-0.15, -0.1) is 0 Å². The average molecular weight is 379 g/mol. The first-order valence-electron chi connectivity index (χ1n) is 7.88. The maximum atomic E-state index is 5.97. The summed E-state index contributed by atoms with van der Waals surface area (Å²) in [7, 11) is 0. The van der Waals surface area contributed by atoms with E-state index in [1.165, 1.54) is 0 Å². The van der Waals surface area contributed by atoms with Gasteiger partial charge in [0.05, 0.1) is 17.3 Å². The van der Waals surface area contributed by atoms with E-state index in [1.807, 2.05) is 54.6 Å². The molecule has 0 bridgehead atoms. The van der Waals surface area contributed by atoms with Crippen LogP contribution in [0.1, 0.15) is 0 Å². The van der Waals surface area contributed by atoms with Crippen LogP contribution >= 0.6 is 23.8 Å². The number of rotatable bonds is 2. The van der Waals surface area contributed by atoms with Crippen molar-refractivity contribution in [3.05, 3.63) is 70.6 Å². The minimum absolute atomic E-state index is 0.387. The summed E-state index contributed by atoms with van der Waals surface area (Å²) in [6.45, 7) is 0. The summed E-state index contributed by atoms with van der Waals surface area (Å²) in [6.07, 6.45) is 1.76. The van der Waals surface area contributed by atoms with E-state index in [2.05, 4.69) is 15.2 Å². The molecule has 2 aromatic carbocycles. The van der Waals surface area contributed by atoms with Crippen LogP contribution in [0.25, 0.3) is 33.8 Å². The van der Waals surface area contributed by atoms with Crippen molar-refractivity contribution in [2.45, 2.75) is 0 Å². The summed E-state index contributed by atoms with van der Waals surface area (Å²) in [6, 6.07) is 17.3. The lowest BCUT2D eigenvalue weighted by molar-refractivity contribution is 0.875. The van der Waals surface area contributed by atoms with Gasteiger partial charge in [0.25, 0.3) is 0 Å². The number of halogens is 1. The van der Waals surface area contributed by atoms with E-state index in [-0.39, 0.29) is 0 Å². The first kappa shape index (κ1) is 15.2. The molecule has 0 aliphatic carbocycles. The molecule has 0 atom stereocenters. The van der Waals surface area contributed by atoms with Crippen molar-refractivity contribution in [1.29, 1.82) is 0 Å². The normalized spacial score (nSPS) is 11.4. The van der Waals surface area contributed by atoms with Gasteiger partial charge < -0.3 is 0 Å².